The zero-order chi connectivity index (χ0) is 15.8. The highest BCUT2D eigenvalue weighted by atomic mass is 35.5. The second kappa shape index (κ2) is 16.6. The number of alkyl halides is 1. The van der Waals surface area contributed by atoms with Gasteiger partial charge in [-0.05, 0) is 38.5 Å². The number of unbranched alkanes of at least 4 members (excludes halogenated alkanes) is 6. The van der Waals surface area contributed by atoms with Crippen molar-refractivity contribution in [3.05, 3.63) is 0 Å². The topological polar surface area (TPSA) is 18.5 Å². The van der Waals surface area contributed by atoms with Gasteiger partial charge in [0.15, 0.2) is 0 Å². The van der Waals surface area contributed by atoms with Gasteiger partial charge in [-0.25, -0.2) is 0 Å². The van der Waals surface area contributed by atoms with Crippen LogP contribution in [0.2, 0.25) is 0 Å². The van der Waals surface area contributed by atoms with Gasteiger partial charge in [0.05, 0.1) is 0 Å². The van der Waals surface area contributed by atoms with Crippen molar-refractivity contribution < 1.29 is 9.47 Å². The van der Waals surface area contributed by atoms with Crippen LogP contribution in [-0.4, -0.2) is 25.4 Å². The summed E-state index contributed by atoms with van der Waals surface area (Å²) in [5.74, 6) is 0.690. The van der Waals surface area contributed by atoms with Crippen molar-refractivity contribution in [2.75, 3.05) is 20.0 Å². The number of halogens is 1. The molecule has 0 saturated carbocycles. The van der Waals surface area contributed by atoms with Crippen molar-refractivity contribution in [1.29, 1.82) is 0 Å². The molecule has 0 radical (unpaired) electrons. The molecule has 3 heteroatoms. The minimum Gasteiger partial charge on any atom is -0.355 e. The standard InChI is InChI=1S/C18H37ClO2/c1-4-5-6-7-8-9-10-13-20-16-21-14-11-12-17(2)15-18(3)19/h17-18H,4-16H2,1-3H3. The van der Waals surface area contributed by atoms with Crippen LogP contribution in [0.4, 0.5) is 0 Å². The molecule has 2 nitrogen and oxygen atoms in total. The van der Waals surface area contributed by atoms with Crippen molar-refractivity contribution in [2.24, 2.45) is 5.92 Å². The highest BCUT2D eigenvalue weighted by Crippen LogP contribution is 2.15. The van der Waals surface area contributed by atoms with Crippen molar-refractivity contribution in [1.82, 2.24) is 0 Å². The van der Waals surface area contributed by atoms with Gasteiger partial charge in [-0.3, -0.25) is 0 Å². The van der Waals surface area contributed by atoms with Crippen molar-refractivity contribution in [3.8, 4) is 0 Å². The maximum atomic E-state index is 5.98. The fourth-order valence-electron chi connectivity index (χ4n) is 2.54. The minimum absolute atomic E-state index is 0.284. The molecule has 0 bridgehead atoms. The van der Waals surface area contributed by atoms with Gasteiger partial charge in [-0.2, -0.15) is 0 Å². The minimum atomic E-state index is 0.284. The van der Waals surface area contributed by atoms with Crippen LogP contribution in [0.15, 0.2) is 0 Å². The Morgan fingerprint density at radius 3 is 2.00 bits per heavy atom. The zero-order valence-electron chi connectivity index (χ0n) is 14.5. The number of hydrogen-bond acceptors (Lipinski definition) is 2. The third kappa shape index (κ3) is 18.2. The van der Waals surface area contributed by atoms with Gasteiger partial charge < -0.3 is 9.47 Å². The second-order valence-electron chi connectivity index (χ2n) is 6.32. The van der Waals surface area contributed by atoms with E-state index in [-0.39, 0.29) is 5.38 Å². The number of ether oxygens (including phenoxy) is 2. The van der Waals surface area contributed by atoms with Gasteiger partial charge >= 0.3 is 0 Å². The molecular weight excluding hydrogens is 284 g/mol. The van der Waals surface area contributed by atoms with Crippen molar-refractivity contribution in [3.63, 3.8) is 0 Å². The van der Waals surface area contributed by atoms with E-state index in [1.165, 1.54) is 51.4 Å². The quantitative estimate of drug-likeness (QED) is 0.192. The lowest BCUT2D eigenvalue weighted by atomic mass is 10.0. The third-order valence-corrected chi connectivity index (χ3v) is 3.95. The van der Waals surface area contributed by atoms with Crippen LogP contribution in [0.25, 0.3) is 0 Å². The molecule has 0 spiro atoms. The molecule has 0 aliphatic rings. The molecule has 0 N–H and O–H groups in total. The van der Waals surface area contributed by atoms with E-state index in [1.807, 2.05) is 0 Å². The first-order valence-electron chi connectivity index (χ1n) is 8.96. The summed E-state index contributed by atoms with van der Waals surface area (Å²) in [5.41, 5.74) is 0. The average Bonchev–Trinajstić information content (AvgIpc) is 2.43. The Kier molecular flexibility index (Phi) is 16.7. The normalized spacial score (nSPS) is 14.3. The zero-order valence-corrected chi connectivity index (χ0v) is 15.3. The van der Waals surface area contributed by atoms with Gasteiger partial charge in [-0.1, -0.05) is 52.4 Å². The maximum Gasteiger partial charge on any atom is 0.146 e. The summed E-state index contributed by atoms with van der Waals surface area (Å²) in [7, 11) is 0. The molecule has 21 heavy (non-hydrogen) atoms. The molecule has 0 aliphatic carbocycles. The maximum absolute atomic E-state index is 5.98. The van der Waals surface area contributed by atoms with E-state index in [4.69, 9.17) is 21.1 Å². The Bertz CT molecular complexity index is 198. The second-order valence-corrected chi connectivity index (χ2v) is 7.06. The Balaban J connectivity index is 3.05. The predicted molar refractivity (Wildman–Crippen MR) is 93.1 cm³/mol. The summed E-state index contributed by atoms with van der Waals surface area (Å²) >= 11 is 5.98. The highest BCUT2D eigenvalue weighted by Gasteiger charge is 2.05. The fraction of sp³-hybridized carbons (Fsp3) is 1.00. The summed E-state index contributed by atoms with van der Waals surface area (Å²) in [6, 6.07) is 0. The van der Waals surface area contributed by atoms with E-state index in [9.17, 15) is 0 Å². The summed E-state index contributed by atoms with van der Waals surface area (Å²) < 4.78 is 11.0. The number of hydrogen-bond donors (Lipinski definition) is 0. The lowest BCUT2D eigenvalue weighted by Crippen LogP contribution is -2.06. The van der Waals surface area contributed by atoms with Crippen LogP contribution >= 0.6 is 11.6 Å². The Labute approximate surface area is 137 Å². The highest BCUT2D eigenvalue weighted by molar-refractivity contribution is 6.20. The lowest BCUT2D eigenvalue weighted by molar-refractivity contribution is -0.0560. The van der Waals surface area contributed by atoms with Gasteiger partial charge in [0.1, 0.15) is 6.79 Å². The van der Waals surface area contributed by atoms with Crippen LogP contribution in [0.1, 0.15) is 85.0 Å². The molecule has 0 heterocycles. The van der Waals surface area contributed by atoms with Gasteiger partial charge in [0.25, 0.3) is 0 Å². The largest absolute Gasteiger partial charge is 0.355 e. The van der Waals surface area contributed by atoms with E-state index in [2.05, 4.69) is 20.8 Å². The molecule has 0 aliphatic heterocycles. The molecule has 0 aromatic carbocycles. The van der Waals surface area contributed by atoms with Crippen LogP contribution in [0, 0.1) is 5.92 Å². The van der Waals surface area contributed by atoms with Gasteiger partial charge in [0.2, 0.25) is 0 Å². The molecule has 2 atom stereocenters. The molecular formula is C18H37ClO2. The summed E-state index contributed by atoms with van der Waals surface area (Å²) in [6.45, 7) is 8.68. The predicted octanol–water partition coefficient (Wildman–Crippen LogP) is 6.16. The SMILES string of the molecule is CCCCCCCCCOCOCCCC(C)CC(C)Cl. The van der Waals surface area contributed by atoms with Crippen molar-refractivity contribution >= 4 is 11.6 Å². The Morgan fingerprint density at radius 2 is 1.38 bits per heavy atom. The fourth-order valence-corrected chi connectivity index (χ4v) is 2.85. The summed E-state index contributed by atoms with van der Waals surface area (Å²) in [6.07, 6.45) is 12.7. The summed E-state index contributed by atoms with van der Waals surface area (Å²) in [5, 5.41) is 0.284. The van der Waals surface area contributed by atoms with Gasteiger partial charge in [0, 0.05) is 18.6 Å². The first kappa shape index (κ1) is 21.2. The van der Waals surface area contributed by atoms with Crippen LogP contribution in [0.3, 0.4) is 0 Å². The van der Waals surface area contributed by atoms with E-state index in [0.717, 1.165) is 26.1 Å². The van der Waals surface area contributed by atoms with E-state index >= 15 is 0 Å². The molecule has 0 amide bonds. The molecule has 0 aromatic heterocycles. The smallest absolute Gasteiger partial charge is 0.146 e. The van der Waals surface area contributed by atoms with Crippen LogP contribution in [0.5, 0.6) is 0 Å². The molecule has 128 valence electrons. The molecule has 0 saturated heterocycles. The first-order valence-corrected chi connectivity index (χ1v) is 9.40. The van der Waals surface area contributed by atoms with E-state index in [1.54, 1.807) is 0 Å². The van der Waals surface area contributed by atoms with E-state index < -0.39 is 0 Å². The summed E-state index contributed by atoms with van der Waals surface area (Å²) in [4.78, 5) is 0. The average molecular weight is 321 g/mol. The molecule has 0 fully saturated rings. The molecule has 0 rings (SSSR count). The third-order valence-electron chi connectivity index (χ3n) is 3.77. The Hall–Kier alpha value is 0.210. The first-order chi connectivity index (χ1) is 10.2. The van der Waals surface area contributed by atoms with Crippen LogP contribution < -0.4 is 0 Å². The lowest BCUT2D eigenvalue weighted by Gasteiger charge is -2.12. The van der Waals surface area contributed by atoms with Crippen LogP contribution in [-0.2, 0) is 9.47 Å². The van der Waals surface area contributed by atoms with E-state index in [0.29, 0.717) is 12.7 Å². The monoisotopic (exact) mass is 320 g/mol. The Morgan fingerprint density at radius 1 is 0.810 bits per heavy atom. The molecule has 0 aromatic rings. The van der Waals surface area contributed by atoms with Crippen molar-refractivity contribution in [2.45, 2.75) is 90.4 Å². The van der Waals surface area contributed by atoms with Gasteiger partial charge in [-0.15, -0.1) is 11.6 Å². The molecule has 2 unspecified atom stereocenters. The number of rotatable bonds is 16.